The van der Waals surface area contributed by atoms with Crippen molar-refractivity contribution in [3.8, 4) is 0 Å². The van der Waals surface area contributed by atoms with E-state index in [1.165, 1.54) is 0 Å². The highest BCUT2D eigenvalue weighted by molar-refractivity contribution is 4.87. The van der Waals surface area contributed by atoms with Crippen molar-refractivity contribution in [1.29, 1.82) is 0 Å². The molecule has 0 bridgehead atoms. The first-order valence-corrected chi connectivity index (χ1v) is 3.53. The summed E-state index contributed by atoms with van der Waals surface area (Å²) in [7, 11) is 0. The summed E-state index contributed by atoms with van der Waals surface area (Å²) in [6.45, 7) is -0.898. The molecular weight excluding hydrogens is 157 g/mol. The predicted molar refractivity (Wildman–Crippen MR) is 35.1 cm³/mol. The van der Waals surface area contributed by atoms with Crippen LogP contribution in [0, 0.1) is 0 Å². The molecule has 0 heterocycles. The average molecular weight is 168 g/mol. The van der Waals surface area contributed by atoms with E-state index < -0.39 is 12.7 Å². The summed E-state index contributed by atoms with van der Waals surface area (Å²) in [4.78, 5) is 0. The molecule has 0 unspecified atom stereocenters. The van der Waals surface area contributed by atoms with E-state index in [0.29, 0.717) is 12.8 Å². The average Bonchev–Trinajstić information content (AvgIpc) is 1.75. The minimum Gasteiger partial charge on any atom is -0.328 e. The maximum atomic E-state index is 11.6. The summed E-state index contributed by atoms with van der Waals surface area (Å²) >= 11 is 0. The summed E-state index contributed by atoms with van der Waals surface area (Å²) in [6.07, 6.45) is -2.77. The fraction of sp³-hybridized carbons (Fsp3) is 1.00. The molecule has 0 amide bonds. The SMILES string of the molecule is NC1CC(NCC(F)(F)F)C1. The van der Waals surface area contributed by atoms with Crippen molar-refractivity contribution in [2.24, 2.45) is 5.73 Å². The third-order valence-corrected chi connectivity index (χ3v) is 1.77. The summed E-state index contributed by atoms with van der Waals surface area (Å²) < 4.78 is 34.7. The third-order valence-electron chi connectivity index (χ3n) is 1.77. The molecule has 0 aromatic heterocycles. The Bertz CT molecular complexity index is 128. The molecule has 3 N–H and O–H groups in total. The zero-order valence-electron chi connectivity index (χ0n) is 5.99. The van der Waals surface area contributed by atoms with Gasteiger partial charge in [-0.15, -0.1) is 0 Å². The number of nitrogens with one attached hydrogen (secondary N) is 1. The molecule has 1 fully saturated rings. The molecule has 11 heavy (non-hydrogen) atoms. The lowest BCUT2D eigenvalue weighted by molar-refractivity contribution is -0.127. The Morgan fingerprint density at radius 3 is 2.27 bits per heavy atom. The van der Waals surface area contributed by atoms with Crippen LogP contribution < -0.4 is 11.1 Å². The minimum absolute atomic E-state index is 0.0216. The van der Waals surface area contributed by atoms with Crippen molar-refractivity contribution in [2.75, 3.05) is 6.54 Å². The molecule has 1 aliphatic carbocycles. The van der Waals surface area contributed by atoms with Gasteiger partial charge in [0.1, 0.15) is 0 Å². The Morgan fingerprint density at radius 1 is 1.36 bits per heavy atom. The quantitative estimate of drug-likeness (QED) is 0.634. The van der Waals surface area contributed by atoms with E-state index in [4.69, 9.17) is 5.73 Å². The normalized spacial score (nSPS) is 31.6. The van der Waals surface area contributed by atoms with E-state index in [1.54, 1.807) is 0 Å². The van der Waals surface area contributed by atoms with Gasteiger partial charge in [0, 0.05) is 12.1 Å². The standard InChI is InChI=1S/C6H11F3N2/c7-6(8,9)3-11-5-1-4(10)2-5/h4-5,11H,1-3,10H2. The van der Waals surface area contributed by atoms with Crippen molar-refractivity contribution >= 4 is 0 Å². The summed E-state index contributed by atoms with van der Waals surface area (Å²) in [5.74, 6) is 0. The van der Waals surface area contributed by atoms with Crippen LogP contribution in [0.2, 0.25) is 0 Å². The van der Waals surface area contributed by atoms with Crippen molar-refractivity contribution in [2.45, 2.75) is 31.1 Å². The maximum absolute atomic E-state index is 11.6. The highest BCUT2D eigenvalue weighted by Gasteiger charge is 2.32. The molecule has 2 nitrogen and oxygen atoms in total. The Labute approximate surface area is 62.9 Å². The van der Waals surface area contributed by atoms with Crippen LogP contribution in [-0.4, -0.2) is 24.8 Å². The molecular formula is C6H11F3N2. The van der Waals surface area contributed by atoms with Crippen molar-refractivity contribution < 1.29 is 13.2 Å². The van der Waals surface area contributed by atoms with Gasteiger partial charge in [0.15, 0.2) is 0 Å². The molecule has 0 spiro atoms. The zero-order valence-corrected chi connectivity index (χ0v) is 5.99. The number of halogens is 3. The van der Waals surface area contributed by atoms with Crippen LogP contribution in [0.4, 0.5) is 13.2 Å². The minimum atomic E-state index is -4.10. The first-order chi connectivity index (χ1) is 4.97. The second-order valence-electron chi connectivity index (χ2n) is 2.92. The van der Waals surface area contributed by atoms with Crippen LogP contribution in [-0.2, 0) is 0 Å². The number of hydrogen-bond acceptors (Lipinski definition) is 2. The van der Waals surface area contributed by atoms with Crippen LogP contribution in [0.3, 0.4) is 0 Å². The van der Waals surface area contributed by atoms with Gasteiger partial charge in [-0.1, -0.05) is 0 Å². The van der Waals surface area contributed by atoms with E-state index in [1.807, 2.05) is 0 Å². The van der Waals surface area contributed by atoms with Gasteiger partial charge in [0.2, 0.25) is 0 Å². The third kappa shape index (κ3) is 3.07. The van der Waals surface area contributed by atoms with Crippen molar-refractivity contribution in [3.63, 3.8) is 0 Å². The number of hydrogen-bond donors (Lipinski definition) is 2. The highest BCUT2D eigenvalue weighted by atomic mass is 19.4. The summed E-state index contributed by atoms with van der Waals surface area (Å²) in [6, 6.07) is 0.0763. The van der Waals surface area contributed by atoms with Crippen LogP contribution in [0.15, 0.2) is 0 Å². The molecule has 0 saturated heterocycles. The molecule has 1 rings (SSSR count). The Balaban J connectivity index is 2.05. The van der Waals surface area contributed by atoms with Gasteiger partial charge in [-0.25, -0.2) is 0 Å². The first-order valence-electron chi connectivity index (χ1n) is 3.53. The zero-order chi connectivity index (χ0) is 8.48. The molecule has 0 aromatic rings. The van der Waals surface area contributed by atoms with E-state index in [0.717, 1.165) is 0 Å². The van der Waals surface area contributed by atoms with Gasteiger partial charge in [-0.2, -0.15) is 13.2 Å². The maximum Gasteiger partial charge on any atom is 0.401 e. The van der Waals surface area contributed by atoms with Crippen molar-refractivity contribution in [1.82, 2.24) is 5.32 Å². The van der Waals surface area contributed by atoms with Crippen LogP contribution in [0.1, 0.15) is 12.8 Å². The van der Waals surface area contributed by atoms with Crippen molar-refractivity contribution in [3.05, 3.63) is 0 Å². The van der Waals surface area contributed by atoms with Gasteiger partial charge in [0.05, 0.1) is 6.54 Å². The van der Waals surface area contributed by atoms with Crippen LogP contribution in [0.25, 0.3) is 0 Å². The second-order valence-corrected chi connectivity index (χ2v) is 2.92. The number of rotatable bonds is 2. The van der Waals surface area contributed by atoms with Gasteiger partial charge in [-0.3, -0.25) is 0 Å². The monoisotopic (exact) mass is 168 g/mol. The largest absolute Gasteiger partial charge is 0.401 e. The summed E-state index contributed by atoms with van der Waals surface area (Å²) in [5, 5.41) is 2.38. The van der Waals surface area contributed by atoms with Gasteiger partial charge >= 0.3 is 6.18 Å². The van der Waals surface area contributed by atoms with Gasteiger partial charge in [-0.05, 0) is 12.8 Å². The molecule has 0 aliphatic heterocycles. The lowest BCUT2D eigenvalue weighted by Crippen LogP contribution is -2.50. The topological polar surface area (TPSA) is 38.0 Å². The highest BCUT2D eigenvalue weighted by Crippen LogP contribution is 2.19. The number of nitrogens with two attached hydrogens (primary N) is 1. The van der Waals surface area contributed by atoms with E-state index in [9.17, 15) is 13.2 Å². The fourth-order valence-corrected chi connectivity index (χ4v) is 1.09. The Kier molecular flexibility index (Phi) is 2.39. The molecule has 0 radical (unpaired) electrons. The van der Waals surface area contributed by atoms with Gasteiger partial charge < -0.3 is 11.1 Å². The Hall–Kier alpha value is -0.290. The molecule has 0 aromatic carbocycles. The van der Waals surface area contributed by atoms with E-state index in [-0.39, 0.29) is 12.1 Å². The summed E-state index contributed by atoms with van der Waals surface area (Å²) in [5.41, 5.74) is 5.39. The molecule has 66 valence electrons. The van der Waals surface area contributed by atoms with E-state index in [2.05, 4.69) is 5.32 Å². The predicted octanol–water partition coefficient (Wildman–Crippen LogP) is 0.628. The van der Waals surface area contributed by atoms with Crippen LogP contribution in [0.5, 0.6) is 0 Å². The number of alkyl halides is 3. The fourth-order valence-electron chi connectivity index (χ4n) is 1.09. The lowest BCUT2D eigenvalue weighted by atomic mass is 9.88. The van der Waals surface area contributed by atoms with Crippen LogP contribution >= 0.6 is 0 Å². The molecule has 1 saturated carbocycles. The lowest BCUT2D eigenvalue weighted by Gasteiger charge is -2.33. The molecule has 1 aliphatic rings. The molecule has 5 heteroatoms. The Morgan fingerprint density at radius 2 is 1.91 bits per heavy atom. The smallest absolute Gasteiger partial charge is 0.328 e. The molecule has 0 atom stereocenters. The van der Waals surface area contributed by atoms with Gasteiger partial charge in [0.25, 0.3) is 0 Å². The first kappa shape index (κ1) is 8.80. The van der Waals surface area contributed by atoms with E-state index >= 15 is 0 Å². The second kappa shape index (κ2) is 2.98.